The summed E-state index contributed by atoms with van der Waals surface area (Å²) in [6.07, 6.45) is -7.91. The molecule has 1 atom stereocenters. The molecule has 0 aliphatic heterocycles. The van der Waals surface area contributed by atoms with Crippen molar-refractivity contribution in [3.63, 3.8) is 0 Å². The molecular weight excluding hydrogens is 312 g/mol. The van der Waals surface area contributed by atoms with E-state index in [1.807, 2.05) is 0 Å². The van der Waals surface area contributed by atoms with E-state index in [1.54, 1.807) is 0 Å². The van der Waals surface area contributed by atoms with Gasteiger partial charge in [0.05, 0.1) is 0 Å². The summed E-state index contributed by atoms with van der Waals surface area (Å²) in [7, 11) is -3.01. The first-order valence-electron chi connectivity index (χ1n) is 4.75. The molecule has 16 heavy (non-hydrogen) atoms. The molecule has 0 aromatic carbocycles. The van der Waals surface area contributed by atoms with Crippen LogP contribution in [0.5, 0.6) is 0 Å². The number of hydrogen-bond acceptors (Lipinski definition) is 2. The SMILES string of the molecule is CC([O][Zn]([F])([F])([F])[O][Si](C)(C)C)C(F)(F)F. The van der Waals surface area contributed by atoms with Gasteiger partial charge in [-0.2, -0.15) is 0 Å². The standard InChI is InChI=1S/C3H4F3O.C3H9OSi.3FH.Zn/c1-2(7)3(4,5)6;1-5(2,3)4;;;;/h2H,1H3;1-3H3;3*1H;/q2*-1;;;;+5/p-3. The molecule has 0 N–H and O–H groups in total. The Labute approximate surface area is 93.3 Å². The van der Waals surface area contributed by atoms with Crippen LogP contribution in [0.1, 0.15) is 6.92 Å². The predicted octanol–water partition coefficient (Wildman–Crippen LogP) is 3.98. The van der Waals surface area contributed by atoms with Crippen LogP contribution in [0.4, 0.5) is 23.1 Å². The van der Waals surface area contributed by atoms with Crippen LogP contribution in [0, 0.1) is 0 Å². The second-order valence-electron chi connectivity index (χ2n) is 4.68. The van der Waals surface area contributed by atoms with Crippen LogP contribution in [0.2, 0.25) is 19.6 Å². The van der Waals surface area contributed by atoms with Gasteiger partial charge in [0, 0.05) is 0 Å². The first kappa shape index (κ1) is 16.3. The van der Waals surface area contributed by atoms with Gasteiger partial charge >= 0.3 is 92.9 Å². The molecule has 2 nitrogen and oxygen atoms in total. The predicted molar refractivity (Wildman–Crippen MR) is 44.4 cm³/mol. The minimum absolute atomic E-state index is 0.321. The summed E-state index contributed by atoms with van der Waals surface area (Å²) >= 11 is -8.64. The fraction of sp³-hybridized carbons (Fsp3) is 1.00. The van der Waals surface area contributed by atoms with Gasteiger partial charge in [-0.05, 0) is 0 Å². The summed E-state index contributed by atoms with van der Waals surface area (Å²) < 4.78 is 82.1. The Morgan fingerprint density at radius 2 is 1.44 bits per heavy atom. The van der Waals surface area contributed by atoms with E-state index in [2.05, 4.69) is 6.82 Å². The molecular formula is C6H13F6O2SiZn. The van der Waals surface area contributed by atoms with Gasteiger partial charge in [0.15, 0.2) is 0 Å². The molecule has 0 spiro atoms. The third-order valence-electron chi connectivity index (χ3n) is 1.62. The summed E-state index contributed by atoms with van der Waals surface area (Å²) in [5.74, 6) is 0. The zero-order chi connectivity index (χ0) is 13.4. The van der Waals surface area contributed by atoms with Crippen LogP contribution in [0.15, 0.2) is 0 Å². The molecule has 0 bridgehead atoms. The fourth-order valence-electron chi connectivity index (χ4n) is 1.18. The average Bonchev–Trinajstić information content (AvgIpc) is 1.73. The van der Waals surface area contributed by atoms with Crippen molar-refractivity contribution in [1.29, 1.82) is 0 Å². The van der Waals surface area contributed by atoms with Crippen LogP contribution in [-0.4, -0.2) is 20.6 Å². The monoisotopic (exact) mass is 323 g/mol. The topological polar surface area (TPSA) is 18.5 Å². The quantitative estimate of drug-likeness (QED) is 0.575. The number of hydrogen-bond donors (Lipinski definition) is 0. The average molecular weight is 325 g/mol. The maximum atomic E-state index is 13.0. The van der Waals surface area contributed by atoms with Crippen molar-refractivity contribution in [3.05, 3.63) is 0 Å². The van der Waals surface area contributed by atoms with Gasteiger partial charge in [-0.1, -0.05) is 0 Å². The number of alkyl halides is 3. The van der Waals surface area contributed by atoms with Gasteiger partial charge in [0.1, 0.15) is 0 Å². The summed E-state index contributed by atoms with van der Waals surface area (Å²) in [4.78, 5) is 0. The first-order chi connectivity index (χ1) is 6.60. The molecule has 0 aromatic rings. The molecule has 0 saturated heterocycles. The Hall–Kier alpha value is 0.340. The summed E-state index contributed by atoms with van der Waals surface area (Å²) in [6.45, 7) is 4.04. The van der Waals surface area contributed by atoms with E-state index >= 15 is 0 Å². The van der Waals surface area contributed by atoms with Crippen molar-refractivity contribution in [1.82, 2.24) is 0 Å². The van der Waals surface area contributed by atoms with Crippen molar-refractivity contribution in [2.24, 2.45) is 0 Å². The number of halogens is 6. The van der Waals surface area contributed by atoms with Crippen LogP contribution < -0.4 is 0 Å². The Balaban J connectivity index is 4.78. The molecule has 0 aliphatic carbocycles. The molecule has 0 saturated carbocycles. The second kappa shape index (κ2) is 4.22. The van der Waals surface area contributed by atoms with E-state index in [0.29, 0.717) is 6.92 Å². The summed E-state index contributed by atoms with van der Waals surface area (Å²) in [5.41, 5.74) is 0. The second-order valence-corrected chi connectivity index (χ2v) is 16.2. The Kier molecular flexibility index (Phi) is 4.31. The van der Waals surface area contributed by atoms with E-state index in [0.717, 1.165) is 0 Å². The zero-order valence-electron chi connectivity index (χ0n) is 9.37. The number of rotatable bonds is 4. The van der Waals surface area contributed by atoms with E-state index in [1.165, 1.54) is 19.6 Å². The third kappa shape index (κ3) is 6.82. The first-order valence-corrected chi connectivity index (χ1v) is 13.9. The van der Waals surface area contributed by atoms with Gasteiger partial charge in [-0.15, -0.1) is 0 Å². The Bertz CT molecular complexity index is 254. The summed E-state index contributed by atoms with van der Waals surface area (Å²) in [6, 6.07) is 0. The normalized spacial score (nSPS) is 17.4. The van der Waals surface area contributed by atoms with Crippen molar-refractivity contribution in [2.75, 3.05) is 0 Å². The van der Waals surface area contributed by atoms with Crippen molar-refractivity contribution in [3.8, 4) is 0 Å². The van der Waals surface area contributed by atoms with Gasteiger partial charge in [-0.25, -0.2) is 0 Å². The van der Waals surface area contributed by atoms with E-state index in [-0.39, 0.29) is 0 Å². The van der Waals surface area contributed by atoms with Gasteiger partial charge < -0.3 is 0 Å². The molecule has 0 heterocycles. The maximum absolute atomic E-state index is 13.0. The molecule has 0 aliphatic rings. The van der Waals surface area contributed by atoms with Crippen LogP contribution >= 0.6 is 0 Å². The molecule has 0 fully saturated rings. The molecule has 97 valence electrons. The minimum atomic E-state index is -8.64. The Morgan fingerprint density at radius 3 is 1.69 bits per heavy atom. The van der Waals surface area contributed by atoms with E-state index in [4.69, 9.17) is 0 Å². The van der Waals surface area contributed by atoms with Gasteiger partial charge in [-0.3, -0.25) is 0 Å². The molecule has 0 aromatic heterocycles. The molecule has 0 amide bonds. The molecule has 0 rings (SSSR count). The fourth-order valence-corrected chi connectivity index (χ4v) is 13.4. The van der Waals surface area contributed by atoms with Crippen LogP contribution in [-0.2, 0) is 22.6 Å². The Morgan fingerprint density at radius 1 is 1.06 bits per heavy atom. The van der Waals surface area contributed by atoms with E-state index in [9.17, 15) is 23.1 Å². The summed E-state index contributed by atoms with van der Waals surface area (Å²) in [5, 5.41) is 0. The third-order valence-corrected chi connectivity index (χ3v) is 13.3. The van der Waals surface area contributed by atoms with Crippen LogP contribution in [0.3, 0.4) is 0 Å². The van der Waals surface area contributed by atoms with E-state index < -0.39 is 36.4 Å². The zero-order valence-corrected chi connectivity index (χ0v) is 13.3. The van der Waals surface area contributed by atoms with Gasteiger partial charge in [0.2, 0.25) is 0 Å². The molecule has 10 heteroatoms. The van der Waals surface area contributed by atoms with Crippen LogP contribution in [0.25, 0.3) is 0 Å². The molecule has 0 radical (unpaired) electrons. The van der Waals surface area contributed by atoms with Gasteiger partial charge in [0.25, 0.3) is 0 Å². The van der Waals surface area contributed by atoms with Crippen molar-refractivity contribution >= 4 is 8.32 Å². The van der Waals surface area contributed by atoms with Crippen molar-refractivity contribution in [2.45, 2.75) is 38.8 Å². The van der Waals surface area contributed by atoms with Crippen molar-refractivity contribution < 1.29 is 45.7 Å². The molecule has 1 unspecified atom stereocenters.